The van der Waals surface area contributed by atoms with Crippen LogP contribution in [-0.4, -0.2) is 57.7 Å². The summed E-state index contributed by atoms with van der Waals surface area (Å²) in [4.78, 5) is 0. The normalized spacial score (nSPS) is 27.5. The van der Waals surface area contributed by atoms with Crippen molar-refractivity contribution in [2.45, 2.75) is 30.7 Å². The Kier molecular flexibility index (Phi) is 6.90. The SMILES string of the molecule is OCC1OC(Oc2ccc(Cl)cc2Oc2ccc(Cl)cc2Cl)C(O)C(O)C1O. The number of ether oxygens (including phenoxy) is 3. The largest absolute Gasteiger partial charge is 0.458 e. The van der Waals surface area contributed by atoms with Gasteiger partial charge in [0.1, 0.15) is 30.2 Å². The predicted octanol–water partition coefficient (Wildman–Crippen LogP) is 2.62. The highest BCUT2D eigenvalue weighted by atomic mass is 35.5. The van der Waals surface area contributed by atoms with Gasteiger partial charge in [0.15, 0.2) is 11.5 Å². The minimum Gasteiger partial charge on any atom is -0.458 e. The zero-order chi connectivity index (χ0) is 20.4. The van der Waals surface area contributed by atoms with Crippen LogP contribution in [-0.2, 0) is 4.74 Å². The van der Waals surface area contributed by atoms with E-state index in [1.54, 1.807) is 12.1 Å². The van der Waals surface area contributed by atoms with Crippen LogP contribution in [0.4, 0.5) is 0 Å². The second-order valence-electron chi connectivity index (χ2n) is 6.08. The van der Waals surface area contributed by atoms with Crippen molar-refractivity contribution < 1.29 is 34.6 Å². The molecule has 5 atom stereocenters. The molecule has 28 heavy (non-hydrogen) atoms. The van der Waals surface area contributed by atoms with E-state index in [4.69, 9.17) is 49.0 Å². The van der Waals surface area contributed by atoms with Crippen LogP contribution in [0.2, 0.25) is 15.1 Å². The van der Waals surface area contributed by atoms with E-state index in [1.165, 1.54) is 24.3 Å². The van der Waals surface area contributed by atoms with Gasteiger partial charge in [-0.2, -0.15) is 0 Å². The number of hydrogen-bond acceptors (Lipinski definition) is 7. The Labute approximate surface area is 175 Å². The smallest absolute Gasteiger partial charge is 0.229 e. The molecular weight excluding hydrogens is 435 g/mol. The predicted molar refractivity (Wildman–Crippen MR) is 102 cm³/mol. The summed E-state index contributed by atoms with van der Waals surface area (Å²) in [6.07, 6.45) is -7.11. The lowest BCUT2D eigenvalue weighted by Gasteiger charge is -2.39. The molecule has 0 saturated carbocycles. The molecule has 1 aliphatic rings. The molecule has 7 nitrogen and oxygen atoms in total. The topological polar surface area (TPSA) is 109 Å². The molecule has 2 aromatic rings. The average molecular weight is 452 g/mol. The Morgan fingerprint density at radius 1 is 0.821 bits per heavy atom. The first kappa shape index (κ1) is 21.4. The number of benzene rings is 2. The van der Waals surface area contributed by atoms with Crippen LogP contribution in [0.3, 0.4) is 0 Å². The molecule has 0 radical (unpaired) electrons. The first-order valence-corrected chi connectivity index (χ1v) is 9.33. The average Bonchev–Trinajstić information content (AvgIpc) is 2.66. The van der Waals surface area contributed by atoms with E-state index >= 15 is 0 Å². The molecule has 0 aliphatic carbocycles. The van der Waals surface area contributed by atoms with Gasteiger partial charge in [-0.25, -0.2) is 0 Å². The van der Waals surface area contributed by atoms with Crippen molar-refractivity contribution in [3.63, 3.8) is 0 Å². The van der Waals surface area contributed by atoms with E-state index in [1.807, 2.05) is 0 Å². The molecule has 5 unspecified atom stereocenters. The number of rotatable bonds is 5. The van der Waals surface area contributed by atoms with Crippen molar-refractivity contribution in [2.24, 2.45) is 0 Å². The fourth-order valence-corrected chi connectivity index (χ4v) is 3.23. The van der Waals surface area contributed by atoms with Crippen molar-refractivity contribution in [3.8, 4) is 17.2 Å². The maximum absolute atomic E-state index is 10.1. The van der Waals surface area contributed by atoms with Gasteiger partial charge in [-0.1, -0.05) is 34.8 Å². The Balaban J connectivity index is 1.86. The Bertz CT molecular complexity index is 833. The standard InChI is InChI=1S/C18H17Cl3O7/c19-8-1-3-11(10(21)5-8)26-13-6-9(20)2-4-12(13)27-18-17(25)16(24)15(23)14(7-22)28-18/h1-6,14-18,22-25H,7H2. The highest BCUT2D eigenvalue weighted by molar-refractivity contribution is 6.35. The van der Waals surface area contributed by atoms with Crippen LogP contribution in [0.15, 0.2) is 36.4 Å². The molecule has 4 N–H and O–H groups in total. The van der Waals surface area contributed by atoms with Gasteiger partial charge < -0.3 is 34.6 Å². The molecule has 10 heteroatoms. The first-order chi connectivity index (χ1) is 13.3. The molecular formula is C18H17Cl3O7. The number of aliphatic hydroxyl groups excluding tert-OH is 4. The van der Waals surface area contributed by atoms with E-state index in [2.05, 4.69) is 0 Å². The van der Waals surface area contributed by atoms with Crippen molar-refractivity contribution in [2.75, 3.05) is 6.61 Å². The molecule has 1 saturated heterocycles. The summed E-state index contributed by atoms with van der Waals surface area (Å²) in [5.74, 6) is 0.570. The maximum Gasteiger partial charge on any atom is 0.229 e. The molecule has 1 fully saturated rings. The van der Waals surface area contributed by atoms with Gasteiger partial charge in [0.2, 0.25) is 6.29 Å². The van der Waals surface area contributed by atoms with Crippen LogP contribution >= 0.6 is 34.8 Å². The lowest BCUT2D eigenvalue weighted by molar-refractivity contribution is -0.277. The van der Waals surface area contributed by atoms with Gasteiger partial charge in [-0.05, 0) is 30.3 Å². The van der Waals surface area contributed by atoms with Crippen LogP contribution < -0.4 is 9.47 Å². The molecule has 0 amide bonds. The molecule has 1 aliphatic heterocycles. The molecule has 0 aromatic heterocycles. The third kappa shape index (κ3) is 4.64. The number of halogens is 3. The summed E-state index contributed by atoms with van der Waals surface area (Å²) < 4.78 is 16.7. The van der Waals surface area contributed by atoms with Gasteiger partial charge in [0.05, 0.1) is 11.6 Å². The van der Waals surface area contributed by atoms with Gasteiger partial charge in [-0.3, -0.25) is 0 Å². The third-order valence-electron chi connectivity index (χ3n) is 4.11. The van der Waals surface area contributed by atoms with E-state index in [-0.39, 0.29) is 22.3 Å². The molecule has 0 spiro atoms. The highest BCUT2D eigenvalue weighted by Crippen LogP contribution is 2.39. The first-order valence-electron chi connectivity index (χ1n) is 8.19. The van der Waals surface area contributed by atoms with Crippen molar-refractivity contribution in [1.82, 2.24) is 0 Å². The fraction of sp³-hybridized carbons (Fsp3) is 0.333. The summed E-state index contributed by atoms with van der Waals surface area (Å²) >= 11 is 18.0. The quantitative estimate of drug-likeness (QED) is 0.553. The van der Waals surface area contributed by atoms with E-state index < -0.39 is 37.3 Å². The number of aliphatic hydroxyl groups is 4. The second-order valence-corrected chi connectivity index (χ2v) is 7.36. The second kappa shape index (κ2) is 9.02. The highest BCUT2D eigenvalue weighted by Gasteiger charge is 2.45. The van der Waals surface area contributed by atoms with Gasteiger partial charge in [0.25, 0.3) is 0 Å². The van der Waals surface area contributed by atoms with E-state index in [0.29, 0.717) is 10.0 Å². The summed E-state index contributed by atoms with van der Waals surface area (Å²) in [5.41, 5.74) is 0. The Hall–Kier alpha value is -1.29. The lowest BCUT2D eigenvalue weighted by atomic mass is 9.99. The number of hydrogen-bond donors (Lipinski definition) is 4. The monoisotopic (exact) mass is 450 g/mol. The van der Waals surface area contributed by atoms with E-state index in [0.717, 1.165) is 0 Å². The molecule has 2 aromatic carbocycles. The molecule has 1 heterocycles. The molecule has 0 bridgehead atoms. The van der Waals surface area contributed by atoms with Crippen molar-refractivity contribution in [1.29, 1.82) is 0 Å². The van der Waals surface area contributed by atoms with Crippen molar-refractivity contribution in [3.05, 3.63) is 51.5 Å². The maximum atomic E-state index is 10.1. The minimum absolute atomic E-state index is 0.125. The van der Waals surface area contributed by atoms with Gasteiger partial charge >= 0.3 is 0 Å². The van der Waals surface area contributed by atoms with Crippen molar-refractivity contribution >= 4 is 34.8 Å². The molecule has 3 rings (SSSR count). The van der Waals surface area contributed by atoms with Crippen LogP contribution in [0.5, 0.6) is 17.2 Å². The molecule has 152 valence electrons. The zero-order valence-corrected chi connectivity index (χ0v) is 16.5. The van der Waals surface area contributed by atoms with Crippen LogP contribution in [0.1, 0.15) is 0 Å². The minimum atomic E-state index is -1.57. The Morgan fingerprint density at radius 3 is 2.11 bits per heavy atom. The summed E-state index contributed by atoms with van der Waals surface area (Å²) in [5, 5.41) is 40.2. The van der Waals surface area contributed by atoms with E-state index in [9.17, 15) is 20.4 Å². The summed E-state index contributed by atoms with van der Waals surface area (Å²) in [7, 11) is 0. The zero-order valence-electron chi connectivity index (χ0n) is 14.2. The fourth-order valence-electron chi connectivity index (χ4n) is 2.63. The third-order valence-corrected chi connectivity index (χ3v) is 4.88. The lowest BCUT2D eigenvalue weighted by Crippen LogP contribution is -2.60. The van der Waals surface area contributed by atoms with Crippen LogP contribution in [0.25, 0.3) is 0 Å². The van der Waals surface area contributed by atoms with Gasteiger partial charge in [-0.15, -0.1) is 0 Å². The summed E-state index contributed by atoms with van der Waals surface area (Å²) in [6.45, 7) is -0.574. The van der Waals surface area contributed by atoms with Crippen LogP contribution in [0, 0.1) is 0 Å². The Morgan fingerprint density at radius 2 is 1.46 bits per heavy atom. The van der Waals surface area contributed by atoms with Gasteiger partial charge in [0, 0.05) is 16.1 Å². The summed E-state index contributed by atoms with van der Waals surface area (Å²) in [6, 6.07) is 9.11.